The number of aliphatic hydroxyl groups excluding tert-OH is 3. The van der Waals surface area contributed by atoms with Gasteiger partial charge in [-0.2, -0.15) is 0 Å². The Morgan fingerprint density at radius 3 is 2.18 bits per heavy atom. The van der Waals surface area contributed by atoms with Crippen LogP contribution >= 0.6 is 0 Å². The van der Waals surface area contributed by atoms with Crippen molar-refractivity contribution in [3.63, 3.8) is 0 Å². The lowest BCUT2D eigenvalue weighted by atomic mass is 9.99. The average molecular weight is 535 g/mol. The molecule has 0 aliphatic carbocycles. The Hall–Kier alpha value is -4.04. The molecule has 1 aliphatic heterocycles. The van der Waals surface area contributed by atoms with Crippen molar-refractivity contribution in [3.8, 4) is 45.8 Å². The second kappa shape index (κ2) is 10.8. The van der Waals surface area contributed by atoms with E-state index in [-0.39, 0.29) is 56.8 Å². The lowest BCUT2D eigenvalue weighted by molar-refractivity contribution is -0.278. The number of aromatic hydroxyl groups is 3. The number of hydrogen-bond acceptors (Lipinski definition) is 12. The second-order valence-electron chi connectivity index (χ2n) is 8.48. The van der Waals surface area contributed by atoms with E-state index in [1.807, 2.05) is 0 Å². The van der Waals surface area contributed by atoms with E-state index < -0.39 is 43.3 Å². The van der Waals surface area contributed by atoms with Gasteiger partial charge in [0, 0.05) is 31.2 Å². The van der Waals surface area contributed by atoms with Gasteiger partial charge in [-0.1, -0.05) is 0 Å². The molecule has 1 fully saturated rings. The van der Waals surface area contributed by atoms with E-state index in [9.17, 15) is 35.4 Å². The minimum atomic E-state index is -1.75. The summed E-state index contributed by atoms with van der Waals surface area (Å²) in [4.78, 5) is 11.2. The van der Waals surface area contributed by atoms with Gasteiger partial charge in [0.1, 0.15) is 47.9 Å². The molecule has 0 spiro atoms. The number of hydrogen-bond donors (Lipinski definition) is 6. The van der Waals surface area contributed by atoms with Gasteiger partial charge in [0.05, 0.1) is 25.8 Å². The zero-order valence-electron chi connectivity index (χ0n) is 20.5. The van der Waals surface area contributed by atoms with Gasteiger partial charge in [0.15, 0.2) is 11.5 Å². The third-order valence-electron chi connectivity index (χ3n) is 5.92. The molecule has 0 saturated carbocycles. The summed E-state index contributed by atoms with van der Waals surface area (Å²) in [6.45, 7) is 0.726. The highest BCUT2D eigenvalue weighted by molar-refractivity contribution is 5.88. The first-order valence-electron chi connectivity index (χ1n) is 11.3. The molecular weight excluding hydrogens is 508 g/mol. The van der Waals surface area contributed by atoms with E-state index >= 15 is 0 Å². The Bertz CT molecular complexity index is 1320. The second-order valence-corrected chi connectivity index (χ2v) is 8.48. The van der Waals surface area contributed by atoms with Crippen LogP contribution in [0.25, 0.3) is 22.3 Å². The number of phenolic OH excluding ortho intramolecular Hbond substituents is 3. The fraction of sp³-hybridized carbons (Fsp3) is 0.360. The predicted molar refractivity (Wildman–Crippen MR) is 128 cm³/mol. The molecule has 2 aromatic carbocycles. The maximum atomic E-state index is 11.2. The molecule has 1 aliphatic rings. The monoisotopic (exact) mass is 535 g/mol. The van der Waals surface area contributed by atoms with Crippen LogP contribution in [0.5, 0.6) is 34.5 Å². The topological polar surface area (TPSA) is 196 Å². The van der Waals surface area contributed by atoms with E-state index in [4.69, 9.17) is 28.1 Å². The standard InChI is InChI=1S/C25H26O13/c1-10(26)35-9-19-21(30)22(31)23(32)25(38-19)37-18-8-13-14(28)6-12(27)7-15(13)36-24(18)11-4-16(33-2)20(29)17(5-11)34-3/h4-8,19,21-23,25,30-32H,9H2,1-3H3,(H2-,27,28,29)/p+1/t19-,21+,22+,23-,25?/m1/s1. The minimum absolute atomic E-state index is 0.0216. The van der Waals surface area contributed by atoms with Gasteiger partial charge >= 0.3 is 17.3 Å². The first-order valence-corrected chi connectivity index (χ1v) is 11.3. The number of methoxy groups -OCH3 is 2. The Balaban J connectivity index is 1.83. The molecule has 13 nitrogen and oxygen atoms in total. The zero-order valence-corrected chi connectivity index (χ0v) is 20.5. The average Bonchev–Trinajstić information content (AvgIpc) is 2.88. The number of benzene rings is 2. The number of aliphatic hydroxyl groups is 3. The molecule has 1 saturated heterocycles. The molecule has 2 heterocycles. The van der Waals surface area contributed by atoms with Crippen molar-refractivity contribution in [1.82, 2.24) is 0 Å². The molecule has 1 aromatic heterocycles. The summed E-state index contributed by atoms with van der Waals surface area (Å²) in [5, 5.41) is 62.0. The van der Waals surface area contributed by atoms with Gasteiger partial charge in [-0.05, 0) is 0 Å². The predicted octanol–water partition coefficient (Wildman–Crippen LogP) is 1.26. The molecule has 5 atom stereocenters. The smallest absolute Gasteiger partial charge is 0.402 e. The highest BCUT2D eigenvalue weighted by Crippen LogP contribution is 2.45. The molecule has 0 bridgehead atoms. The van der Waals surface area contributed by atoms with Gasteiger partial charge < -0.3 is 54.3 Å². The van der Waals surface area contributed by atoms with Crippen LogP contribution in [-0.4, -0.2) is 88.1 Å². The number of fused-ring (bicyclic) bond motifs is 1. The number of rotatable bonds is 7. The van der Waals surface area contributed by atoms with E-state index in [0.717, 1.165) is 13.0 Å². The Morgan fingerprint density at radius 2 is 1.58 bits per heavy atom. The molecule has 13 heteroatoms. The minimum Gasteiger partial charge on any atom is -0.507 e. The van der Waals surface area contributed by atoms with Crippen molar-refractivity contribution in [2.75, 3.05) is 20.8 Å². The first-order chi connectivity index (χ1) is 18.0. The highest BCUT2D eigenvalue weighted by Gasteiger charge is 2.46. The number of esters is 1. The molecule has 204 valence electrons. The number of phenols is 3. The number of carbonyl (C=O) groups excluding carboxylic acids is 1. The Kier molecular flexibility index (Phi) is 7.64. The highest BCUT2D eigenvalue weighted by atomic mass is 16.7. The summed E-state index contributed by atoms with van der Waals surface area (Å²) in [5.41, 5.74) is 0.294. The van der Waals surface area contributed by atoms with Crippen LogP contribution in [0.4, 0.5) is 0 Å². The van der Waals surface area contributed by atoms with Crippen molar-refractivity contribution < 1.29 is 63.5 Å². The lowest BCUT2D eigenvalue weighted by Crippen LogP contribution is -2.60. The fourth-order valence-electron chi connectivity index (χ4n) is 3.97. The third-order valence-corrected chi connectivity index (χ3v) is 5.92. The van der Waals surface area contributed by atoms with Gasteiger partial charge in [-0.3, -0.25) is 4.79 Å². The van der Waals surface area contributed by atoms with Crippen molar-refractivity contribution >= 4 is 16.9 Å². The summed E-state index contributed by atoms with van der Waals surface area (Å²) in [6, 6.07) is 6.47. The Morgan fingerprint density at radius 1 is 0.921 bits per heavy atom. The van der Waals surface area contributed by atoms with Crippen LogP contribution in [0.2, 0.25) is 0 Å². The summed E-state index contributed by atoms with van der Waals surface area (Å²) in [7, 11) is 2.65. The van der Waals surface area contributed by atoms with Crippen LogP contribution in [0, 0.1) is 0 Å². The first kappa shape index (κ1) is 27.0. The van der Waals surface area contributed by atoms with E-state index in [0.29, 0.717) is 0 Å². The molecule has 1 unspecified atom stereocenters. The maximum absolute atomic E-state index is 11.2. The normalized spacial score (nSPS) is 23.2. The van der Waals surface area contributed by atoms with Crippen LogP contribution < -0.4 is 14.2 Å². The summed E-state index contributed by atoms with van der Waals surface area (Å²) in [5.74, 6) is -1.68. The molecule has 0 radical (unpaired) electrons. The largest absolute Gasteiger partial charge is 0.507 e. The zero-order chi connectivity index (χ0) is 27.7. The fourth-order valence-corrected chi connectivity index (χ4v) is 3.97. The molecule has 6 N–H and O–H groups in total. The molecular formula is C25H27O13+. The SMILES string of the molecule is COc1cc(-c2[o+]c3cc(O)cc(O)c3cc2OC2O[C@H](COC(C)=O)[C@H](O)[C@H](O)[C@H]2O)cc(OC)c1O. The third kappa shape index (κ3) is 5.17. The number of carbonyl (C=O) groups is 1. The summed E-state index contributed by atoms with van der Waals surface area (Å²) >= 11 is 0. The Labute approximate surface area is 215 Å². The van der Waals surface area contributed by atoms with Crippen LogP contribution in [-0.2, 0) is 14.3 Å². The van der Waals surface area contributed by atoms with Crippen LogP contribution in [0.15, 0.2) is 34.7 Å². The molecule has 4 rings (SSSR count). The maximum Gasteiger partial charge on any atom is 0.402 e. The lowest BCUT2D eigenvalue weighted by Gasteiger charge is -2.39. The molecule has 3 aromatic rings. The van der Waals surface area contributed by atoms with Crippen molar-refractivity contribution in [2.24, 2.45) is 0 Å². The van der Waals surface area contributed by atoms with E-state index in [2.05, 4.69) is 0 Å². The van der Waals surface area contributed by atoms with Gasteiger partial charge in [0.25, 0.3) is 0 Å². The van der Waals surface area contributed by atoms with E-state index in [1.54, 1.807) is 0 Å². The number of ether oxygens (including phenoxy) is 5. The van der Waals surface area contributed by atoms with Crippen LogP contribution in [0.3, 0.4) is 0 Å². The van der Waals surface area contributed by atoms with Crippen molar-refractivity contribution in [2.45, 2.75) is 37.6 Å². The molecule has 38 heavy (non-hydrogen) atoms. The van der Waals surface area contributed by atoms with Gasteiger partial charge in [-0.15, -0.1) is 0 Å². The summed E-state index contributed by atoms with van der Waals surface area (Å²) in [6.07, 6.45) is -7.92. The van der Waals surface area contributed by atoms with Crippen molar-refractivity contribution in [3.05, 3.63) is 30.3 Å². The van der Waals surface area contributed by atoms with E-state index in [1.165, 1.54) is 38.5 Å². The van der Waals surface area contributed by atoms with Crippen LogP contribution in [0.1, 0.15) is 6.92 Å². The van der Waals surface area contributed by atoms with Gasteiger partial charge in [-0.25, -0.2) is 4.42 Å². The quantitative estimate of drug-likeness (QED) is 0.187. The molecule has 0 amide bonds. The van der Waals surface area contributed by atoms with Gasteiger partial charge in [0.2, 0.25) is 17.8 Å². The van der Waals surface area contributed by atoms with Crippen molar-refractivity contribution in [1.29, 1.82) is 0 Å². The summed E-state index contributed by atoms with van der Waals surface area (Å²) < 4.78 is 32.7.